The molecule has 2 atom stereocenters. The molecule has 0 amide bonds. The Balaban J connectivity index is 1.33. The minimum absolute atomic E-state index is 0.226. The zero-order chi connectivity index (χ0) is 22.3. The number of likely N-dealkylation sites (tertiary alicyclic amines) is 1. The highest BCUT2D eigenvalue weighted by Gasteiger charge is 2.41. The zero-order valence-corrected chi connectivity index (χ0v) is 19.5. The van der Waals surface area contributed by atoms with Crippen LogP contribution in [0.4, 0.5) is 0 Å². The van der Waals surface area contributed by atoms with Crippen molar-refractivity contribution in [1.82, 2.24) is 25.3 Å². The Morgan fingerprint density at radius 2 is 2.09 bits per heavy atom. The van der Waals surface area contributed by atoms with Gasteiger partial charge in [0.15, 0.2) is 11.8 Å². The molecule has 0 spiro atoms. The van der Waals surface area contributed by atoms with Crippen molar-refractivity contribution in [3.63, 3.8) is 0 Å². The standard InChI is InChI=1S/C24H36N6O2/c1-4-25-24(26-12-8-11-22-27-23(18(2)3)28-32-22)30-16-20-21(17-30)31-14-13-29(20)15-19-9-6-5-7-10-19/h5-7,9-10,18,20-21H,4,8,11-17H2,1-3H3,(H,25,26). The topological polar surface area (TPSA) is 79.0 Å². The van der Waals surface area contributed by atoms with Gasteiger partial charge in [-0.15, -0.1) is 0 Å². The molecular formula is C24H36N6O2. The van der Waals surface area contributed by atoms with E-state index >= 15 is 0 Å². The molecule has 0 saturated carbocycles. The van der Waals surface area contributed by atoms with Gasteiger partial charge in [0.25, 0.3) is 0 Å². The Hall–Kier alpha value is -2.45. The lowest BCUT2D eigenvalue weighted by Crippen LogP contribution is -2.50. The second kappa shape index (κ2) is 10.9. The van der Waals surface area contributed by atoms with Gasteiger partial charge in [0.1, 0.15) is 0 Å². The molecule has 2 unspecified atom stereocenters. The van der Waals surface area contributed by atoms with E-state index in [0.717, 1.165) is 70.5 Å². The van der Waals surface area contributed by atoms with Crippen molar-refractivity contribution in [1.29, 1.82) is 0 Å². The van der Waals surface area contributed by atoms with Crippen LogP contribution in [0.15, 0.2) is 39.8 Å². The lowest BCUT2D eigenvalue weighted by Gasteiger charge is -2.36. The Morgan fingerprint density at radius 1 is 1.25 bits per heavy atom. The molecule has 2 aromatic rings. The summed E-state index contributed by atoms with van der Waals surface area (Å²) in [5.41, 5.74) is 1.36. The zero-order valence-electron chi connectivity index (χ0n) is 19.5. The average molecular weight is 441 g/mol. The van der Waals surface area contributed by atoms with E-state index in [9.17, 15) is 0 Å². The summed E-state index contributed by atoms with van der Waals surface area (Å²) in [4.78, 5) is 14.3. The van der Waals surface area contributed by atoms with E-state index in [1.807, 2.05) is 0 Å². The van der Waals surface area contributed by atoms with Crippen LogP contribution in [0.2, 0.25) is 0 Å². The van der Waals surface area contributed by atoms with Gasteiger partial charge in [0.05, 0.1) is 18.8 Å². The predicted molar refractivity (Wildman–Crippen MR) is 125 cm³/mol. The third-order valence-electron chi connectivity index (χ3n) is 6.09. The first-order chi connectivity index (χ1) is 15.6. The normalized spacial score (nSPS) is 21.9. The van der Waals surface area contributed by atoms with Gasteiger partial charge < -0.3 is 19.5 Å². The number of aliphatic imine (C=N–C) groups is 1. The molecule has 2 aliphatic heterocycles. The first-order valence-corrected chi connectivity index (χ1v) is 11.9. The number of benzene rings is 1. The molecule has 0 radical (unpaired) electrons. The van der Waals surface area contributed by atoms with E-state index in [1.165, 1.54) is 5.56 Å². The Labute approximate surface area is 191 Å². The largest absolute Gasteiger partial charge is 0.373 e. The van der Waals surface area contributed by atoms with Crippen LogP contribution in [0.25, 0.3) is 0 Å². The van der Waals surface area contributed by atoms with Gasteiger partial charge in [0, 0.05) is 51.6 Å². The van der Waals surface area contributed by atoms with Crippen molar-refractivity contribution in [2.24, 2.45) is 4.99 Å². The van der Waals surface area contributed by atoms with Crippen molar-refractivity contribution in [3.8, 4) is 0 Å². The van der Waals surface area contributed by atoms with Crippen molar-refractivity contribution in [3.05, 3.63) is 47.6 Å². The minimum Gasteiger partial charge on any atom is -0.373 e. The molecule has 0 bridgehead atoms. The Morgan fingerprint density at radius 3 is 2.84 bits per heavy atom. The molecule has 8 nitrogen and oxygen atoms in total. The van der Waals surface area contributed by atoms with E-state index in [2.05, 4.69) is 76.4 Å². The summed E-state index contributed by atoms with van der Waals surface area (Å²) in [6, 6.07) is 11.1. The highest BCUT2D eigenvalue weighted by atomic mass is 16.5. The van der Waals surface area contributed by atoms with E-state index < -0.39 is 0 Å². The number of fused-ring (bicyclic) bond motifs is 1. The fourth-order valence-electron chi connectivity index (χ4n) is 4.39. The molecule has 174 valence electrons. The number of rotatable bonds is 8. The Bertz CT molecular complexity index is 868. The summed E-state index contributed by atoms with van der Waals surface area (Å²) in [6.45, 7) is 12.4. The molecular weight excluding hydrogens is 404 g/mol. The van der Waals surface area contributed by atoms with Crippen molar-refractivity contribution < 1.29 is 9.26 Å². The maximum atomic E-state index is 6.14. The molecule has 1 aromatic heterocycles. The molecule has 2 fully saturated rings. The summed E-state index contributed by atoms with van der Waals surface area (Å²) in [6.07, 6.45) is 1.86. The summed E-state index contributed by atoms with van der Waals surface area (Å²) < 4.78 is 11.5. The van der Waals surface area contributed by atoms with Crippen LogP contribution < -0.4 is 5.32 Å². The molecule has 4 rings (SSSR count). The minimum atomic E-state index is 0.226. The van der Waals surface area contributed by atoms with E-state index in [1.54, 1.807) is 0 Å². The van der Waals surface area contributed by atoms with E-state index in [0.29, 0.717) is 11.9 Å². The maximum Gasteiger partial charge on any atom is 0.226 e. The lowest BCUT2D eigenvalue weighted by atomic mass is 10.1. The highest BCUT2D eigenvalue weighted by molar-refractivity contribution is 5.80. The lowest BCUT2D eigenvalue weighted by molar-refractivity contribution is -0.0502. The fourth-order valence-corrected chi connectivity index (χ4v) is 4.39. The van der Waals surface area contributed by atoms with Crippen molar-refractivity contribution in [2.45, 2.75) is 58.2 Å². The number of hydrogen-bond acceptors (Lipinski definition) is 6. The van der Waals surface area contributed by atoms with Gasteiger partial charge in [-0.05, 0) is 18.9 Å². The van der Waals surface area contributed by atoms with Crippen LogP contribution in [0.1, 0.15) is 50.4 Å². The van der Waals surface area contributed by atoms with Crippen LogP contribution in [-0.4, -0.2) is 77.4 Å². The molecule has 2 saturated heterocycles. The van der Waals surface area contributed by atoms with E-state index in [-0.39, 0.29) is 12.0 Å². The van der Waals surface area contributed by atoms with Gasteiger partial charge in [-0.3, -0.25) is 9.89 Å². The van der Waals surface area contributed by atoms with Gasteiger partial charge in [-0.1, -0.05) is 49.3 Å². The van der Waals surface area contributed by atoms with Crippen LogP contribution >= 0.6 is 0 Å². The number of aromatic nitrogens is 2. The molecule has 3 heterocycles. The first kappa shape index (κ1) is 22.7. The number of hydrogen-bond donors (Lipinski definition) is 1. The summed E-state index contributed by atoms with van der Waals surface area (Å²) in [5.74, 6) is 2.73. The highest BCUT2D eigenvalue weighted by Crippen LogP contribution is 2.24. The van der Waals surface area contributed by atoms with Crippen LogP contribution in [0, 0.1) is 0 Å². The van der Waals surface area contributed by atoms with E-state index in [4.69, 9.17) is 14.3 Å². The first-order valence-electron chi connectivity index (χ1n) is 11.9. The van der Waals surface area contributed by atoms with Crippen LogP contribution in [-0.2, 0) is 17.7 Å². The predicted octanol–water partition coefficient (Wildman–Crippen LogP) is 2.68. The van der Waals surface area contributed by atoms with Crippen LogP contribution in [0.5, 0.6) is 0 Å². The third-order valence-corrected chi connectivity index (χ3v) is 6.09. The number of ether oxygens (including phenoxy) is 1. The molecule has 1 N–H and O–H groups in total. The molecule has 8 heteroatoms. The van der Waals surface area contributed by atoms with Gasteiger partial charge in [-0.2, -0.15) is 4.98 Å². The number of nitrogens with zero attached hydrogens (tertiary/aromatic N) is 5. The molecule has 1 aromatic carbocycles. The third kappa shape index (κ3) is 5.66. The summed E-state index contributed by atoms with van der Waals surface area (Å²) >= 11 is 0. The second-order valence-electron chi connectivity index (χ2n) is 8.88. The average Bonchev–Trinajstić information content (AvgIpc) is 3.44. The van der Waals surface area contributed by atoms with Crippen molar-refractivity contribution >= 4 is 5.96 Å². The van der Waals surface area contributed by atoms with Gasteiger partial charge >= 0.3 is 0 Å². The van der Waals surface area contributed by atoms with Gasteiger partial charge in [0.2, 0.25) is 5.89 Å². The summed E-state index contributed by atoms with van der Waals surface area (Å²) in [7, 11) is 0. The second-order valence-corrected chi connectivity index (χ2v) is 8.88. The maximum absolute atomic E-state index is 6.14. The molecule has 0 aliphatic carbocycles. The monoisotopic (exact) mass is 440 g/mol. The van der Waals surface area contributed by atoms with Crippen molar-refractivity contribution in [2.75, 3.05) is 39.3 Å². The number of guanidine groups is 1. The fraction of sp³-hybridized carbons (Fsp3) is 0.625. The number of aryl methyl sites for hydroxylation is 1. The number of nitrogens with one attached hydrogen (secondary N) is 1. The van der Waals surface area contributed by atoms with Gasteiger partial charge in [-0.25, -0.2) is 0 Å². The Kier molecular flexibility index (Phi) is 7.76. The summed E-state index contributed by atoms with van der Waals surface area (Å²) in [5, 5.41) is 7.51. The quantitative estimate of drug-likeness (QED) is 0.384. The SMILES string of the molecule is CCNC(=NCCCc1nc(C(C)C)no1)N1CC2OCCN(Cc3ccccc3)C2C1. The molecule has 2 aliphatic rings. The van der Waals surface area contributed by atoms with Crippen LogP contribution in [0.3, 0.4) is 0 Å². The smallest absolute Gasteiger partial charge is 0.226 e. The molecule has 32 heavy (non-hydrogen) atoms. The number of morpholine rings is 1.